The number of aryl methyl sites for hydroxylation is 1. The van der Waals surface area contributed by atoms with Crippen molar-refractivity contribution in [1.29, 1.82) is 0 Å². The number of carbonyl (C=O) groups excluding carboxylic acids is 1. The Labute approximate surface area is 188 Å². The first-order valence-corrected chi connectivity index (χ1v) is 11.1. The molecule has 1 saturated heterocycles. The zero-order chi connectivity index (χ0) is 22.5. The minimum atomic E-state index is -0.115. The van der Waals surface area contributed by atoms with Crippen molar-refractivity contribution in [2.24, 2.45) is 5.92 Å². The lowest BCUT2D eigenvalue weighted by Crippen LogP contribution is -2.44. The number of rotatable bonds is 7. The van der Waals surface area contributed by atoms with E-state index in [4.69, 9.17) is 9.26 Å². The number of amides is 1. The lowest BCUT2D eigenvalue weighted by molar-refractivity contribution is -0.125. The third-order valence-electron chi connectivity index (χ3n) is 5.86. The minimum Gasteiger partial charge on any atom is -0.497 e. The molecule has 1 aromatic carbocycles. The smallest absolute Gasteiger partial charge is 0.226 e. The third kappa shape index (κ3) is 4.74. The second kappa shape index (κ2) is 9.80. The van der Waals surface area contributed by atoms with Gasteiger partial charge >= 0.3 is 0 Å². The predicted molar refractivity (Wildman–Crippen MR) is 121 cm³/mol. The number of nitrogens with one attached hydrogen (secondary N) is 1. The molecule has 2 aromatic heterocycles. The van der Waals surface area contributed by atoms with E-state index in [1.165, 1.54) is 0 Å². The fraction of sp³-hybridized carbons (Fsp3) is 0.417. The van der Waals surface area contributed by atoms with E-state index in [0.29, 0.717) is 24.7 Å². The maximum Gasteiger partial charge on any atom is 0.226 e. The number of ether oxygens (including phenoxy) is 1. The van der Waals surface area contributed by atoms with Gasteiger partial charge in [0.05, 0.1) is 24.6 Å². The molecule has 2 atom stereocenters. The van der Waals surface area contributed by atoms with Crippen molar-refractivity contribution in [3.8, 4) is 17.1 Å². The van der Waals surface area contributed by atoms with Gasteiger partial charge in [0, 0.05) is 25.7 Å². The van der Waals surface area contributed by atoms with Gasteiger partial charge in [0.25, 0.3) is 0 Å². The van der Waals surface area contributed by atoms with Crippen LogP contribution in [0.1, 0.15) is 44.2 Å². The van der Waals surface area contributed by atoms with Gasteiger partial charge in [-0.1, -0.05) is 24.2 Å². The van der Waals surface area contributed by atoms with E-state index in [-0.39, 0.29) is 17.9 Å². The van der Waals surface area contributed by atoms with Crippen LogP contribution in [0.5, 0.6) is 5.75 Å². The van der Waals surface area contributed by atoms with E-state index in [0.717, 1.165) is 42.1 Å². The summed E-state index contributed by atoms with van der Waals surface area (Å²) in [5.74, 6) is 2.66. The Morgan fingerprint density at radius 2 is 2.12 bits per heavy atom. The number of benzene rings is 1. The molecule has 4 rings (SSSR count). The van der Waals surface area contributed by atoms with Crippen molar-refractivity contribution in [3.63, 3.8) is 0 Å². The number of anilines is 1. The van der Waals surface area contributed by atoms with Crippen molar-refractivity contribution in [1.82, 2.24) is 20.4 Å². The lowest BCUT2D eigenvalue weighted by Gasteiger charge is -2.34. The van der Waals surface area contributed by atoms with Gasteiger partial charge in [-0.2, -0.15) is 4.98 Å². The van der Waals surface area contributed by atoms with Gasteiger partial charge in [-0.3, -0.25) is 4.79 Å². The minimum absolute atomic E-state index is 0.0586. The quantitative estimate of drug-likeness (QED) is 0.603. The van der Waals surface area contributed by atoms with E-state index in [9.17, 15) is 4.79 Å². The van der Waals surface area contributed by atoms with Crippen molar-refractivity contribution in [2.75, 3.05) is 25.1 Å². The van der Waals surface area contributed by atoms with Crippen LogP contribution in [-0.2, 0) is 11.2 Å². The Bertz CT molecular complexity index is 1050. The molecule has 168 valence electrons. The van der Waals surface area contributed by atoms with Gasteiger partial charge in [0.2, 0.25) is 17.6 Å². The molecule has 8 nitrogen and oxygen atoms in total. The highest BCUT2D eigenvalue weighted by Gasteiger charge is 2.29. The molecule has 0 spiro atoms. The Morgan fingerprint density at radius 1 is 1.31 bits per heavy atom. The molecule has 0 bridgehead atoms. The van der Waals surface area contributed by atoms with E-state index in [1.807, 2.05) is 50.2 Å². The molecule has 0 radical (unpaired) electrons. The third-order valence-corrected chi connectivity index (χ3v) is 5.86. The molecular formula is C24H29N5O3. The lowest BCUT2D eigenvalue weighted by atomic mass is 9.96. The van der Waals surface area contributed by atoms with Gasteiger partial charge in [-0.05, 0) is 49.6 Å². The summed E-state index contributed by atoms with van der Waals surface area (Å²) in [5.41, 5.74) is 1.87. The summed E-state index contributed by atoms with van der Waals surface area (Å²) < 4.78 is 10.5. The molecule has 1 N–H and O–H groups in total. The second-order valence-electron chi connectivity index (χ2n) is 8.03. The van der Waals surface area contributed by atoms with Crippen molar-refractivity contribution < 1.29 is 14.1 Å². The van der Waals surface area contributed by atoms with E-state index >= 15 is 0 Å². The van der Waals surface area contributed by atoms with Gasteiger partial charge in [0.15, 0.2) is 0 Å². The summed E-state index contributed by atoms with van der Waals surface area (Å²) in [5, 5.41) is 7.28. The summed E-state index contributed by atoms with van der Waals surface area (Å²) in [6.07, 6.45) is 4.20. The molecule has 1 aliphatic rings. The Balaban J connectivity index is 1.46. The first-order valence-electron chi connectivity index (χ1n) is 11.1. The highest BCUT2D eigenvalue weighted by molar-refractivity contribution is 5.80. The first kappa shape index (κ1) is 21.8. The zero-order valence-corrected chi connectivity index (χ0v) is 18.7. The van der Waals surface area contributed by atoms with Crippen LogP contribution in [0.15, 0.2) is 47.1 Å². The molecule has 0 aliphatic carbocycles. The van der Waals surface area contributed by atoms with Gasteiger partial charge < -0.3 is 19.5 Å². The number of carbonyl (C=O) groups is 1. The summed E-state index contributed by atoms with van der Waals surface area (Å²) in [6.45, 7) is 5.41. The fourth-order valence-electron chi connectivity index (χ4n) is 4.02. The van der Waals surface area contributed by atoms with E-state index < -0.39 is 0 Å². The molecule has 3 heterocycles. The van der Waals surface area contributed by atoms with Crippen molar-refractivity contribution >= 4 is 11.7 Å². The van der Waals surface area contributed by atoms with Crippen LogP contribution in [0.4, 0.5) is 5.82 Å². The van der Waals surface area contributed by atoms with Crippen LogP contribution in [-0.4, -0.2) is 41.2 Å². The predicted octanol–water partition coefficient (Wildman–Crippen LogP) is 3.80. The molecular weight excluding hydrogens is 406 g/mol. The number of pyridine rings is 1. The molecule has 0 saturated carbocycles. The molecule has 2 unspecified atom stereocenters. The zero-order valence-electron chi connectivity index (χ0n) is 18.7. The molecule has 8 heteroatoms. The maximum atomic E-state index is 13.1. The SMILES string of the molecule is CCc1nc(-c2cccnc2N2CCCC(C(=O)NC(C)c3ccc(OC)cc3)C2)no1. The van der Waals surface area contributed by atoms with E-state index in [1.54, 1.807) is 13.3 Å². The monoisotopic (exact) mass is 435 g/mol. The van der Waals surface area contributed by atoms with Gasteiger partial charge in [-0.25, -0.2) is 4.98 Å². The molecule has 3 aromatic rings. The molecule has 1 aliphatic heterocycles. The maximum absolute atomic E-state index is 13.1. The standard InChI is InChI=1S/C24H29N5O3/c1-4-21-27-22(28-32-21)20-8-5-13-25-23(20)29-14-6-7-18(15-29)24(30)26-16(2)17-9-11-19(31-3)12-10-17/h5,8-13,16,18H,4,6-7,14-15H2,1-3H3,(H,26,30). The summed E-state index contributed by atoms with van der Waals surface area (Å²) >= 11 is 0. The average molecular weight is 436 g/mol. The van der Waals surface area contributed by atoms with Crippen molar-refractivity contribution in [3.05, 3.63) is 54.0 Å². The Kier molecular flexibility index (Phi) is 6.68. The largest absolute Gasteiger partial charge is 0.497 e. The molecule has 32 heavy (non-hydrogen) atoms. The van der Waals surface area contributed by atoms with Crippen LogP contribution < -0.4 is 15.0 Å². The summed E-state index contributed by atoms with van der Waals surface area (Å²) in [7, 11) is 1.64. The second-order valence-corrected chi connectivity index (χ2v) is 8.03. The van der Waals surface area contributed by atoms with Gasteiger partial charge in [-0.15, -0.1) is 0 Å². The Morgan fingerprint density at radius 3 is 2.84 bits per heavy atom. The van der Waals surface area contributed by atoms with Gasteiger partial charge in [0.1, 0.15) is 11.6 Å². The highest BCUT2D eigenvalue weighted by atomic mass is 16.5. The summed E-state index contributed by atoms with van der Waals surface area (Å²) in [6, 6.07) is 11.5. The number of hydrogen-bond donors (Lipinski definition) is 1. The number of piperidine rings is 1. The number of hydrogen-bond acceptors (Lipinski definition) is 7. The number of nitrogens with zero attached hydrogens (tertiary/aromatic N) is 4. The number of methoxy groups -OCH3 is 1. The topological polar surface area (TPSA) is 93.4 Å². The normalized spacial score (nSPS) is 17.1. The highest BCUT2D eigenvalue weighted by Crippen LogP contribution is 2.30. The first-order chi connectivity index (χ1) is 15.6. The van der Waals surface area contributed by atoms with Crippen LogP contribution in [0.25, 0.3) is 11.4 Å². The average Bonchev–Trinajstić information content (AvgIpc) is 3.33. The van der Waals surface area contributed by atoms with Crippen LogP contribution in [0, 0.1) is 5.92 Å². The molecule has 1 fully saturated rings. The number of aromatic nitrogens is 3. The van der Waals surface area contributed by atoms with Crippen LogP contribution >= 0.6 is 0 Å². The summed E-state index contributed by atoms with van der Waals surface area (Å²) in [4.78, 5) is 24.3. The van der Waals surface area contributed by atoms with Crippen molar-refractivity contribution in [2.45, 2.75) is 39.2 Å². The Hall–Kier alpha value is -3.42. The van der Waals surface area contributed by atoms with E-state index in [2.05, 4.69) is 25.3 Å². The van der Waals surface area contributed by atoms with Crippen LogP contribution in [0.3, 0.4) is 0 Å². The van der Waals surface area contributed by atoms with Crippen LogP contribution in [0.2, 0.25) is 0 Å². The fourth-order valence-corrected chi connectivity index (χ4v) is 4.02. The molecule has 1 amide bonds.